The second kappa shape index (κ2) is 18.5. The van der Waals surface area contributed by atoms with Gasteiger partial charge in [0.05, 0.1) is 22.7 Å². The van der Waals surface area contributed by atoms with Crippen molar-refractivity contribution in [1.29, 1.82) is 0 Å². The minimum atomic E-state index is 0.830. The van der Waals surface area contributed by atoms with E-state index in [2.05, 4.69) is 289 Å². The summed E-state index contributed by atoms with van der Waals surface area (Å²) in [7, 11) is 0. The second-order valence-electron chi connectivity index (χ2n) is 20.8. The van der Waals surface area contributed by atoms with E-state index in [1.807, 2.05) is 12.1 Å². The maximum absolute atomic E-state index is 6.96. The van der Waals surface area contributed by atoms with Gasteiger partial charge in [-0.2, -0.15) is 0 Å². The largest absolute Gasteiger partial charge is 0.454 e. The van der Waals surface area contributed by atoms with Crippen molar-refractivity contribution in [2.24, 2.45) is 0 Å². The van der Waals surface area contributed by atoms with E-state index in [-0.39, 0.29) is 0 Å². The maximum atomic E-state index is 6.96. The Morgan fingerprint density at radius 2 is 0.537 bits per heavy atom. The Hall–Kier alpha value is -10.7. The first kappa shape index (κ1) is 45.5. The number of fused-ring (bicyclic) bond motifs is 6. The van der Waals surface area contributed by atoms with Crippen LogP contribution >= 0.6 is 0 Å². The van der Waals surface area contributed by atoms with Crippen LogP contribution in [0.3, 0.4) is 0 Å². The predicted molar refractivity (Wildman–Crippen MR) is 336 cm³/mol. The van der Waals surface area contributed by atoms with Crippen LogP contribution in [0.1, 0.15) is 0 Å². The molecule has 0 spiro atoms. The lowest BCUT2D eigenvalue weighted by Crippen LogP contribution is -2.12. The Morgan fingerprint density at radius 3 is 0.912 bits per heavy atom. The van der Waals surface area contributed by atoms with Crippen LogP contribution in [0.2, 0.25) is 0 Å². The molecule has 0 amide bonds. The van der Waals surface area contributed by atoms with Crippen LogP contribution < -0.4 is 9.80 Å². The molecule has 0 aliphatic heterocycles. The molecule has 0 bridgehead atoms. The number of rotatable bonds is 10. The zero-order valence-electron chi connectivity index (χ0n) is 43.4. The predicted octanol–water partition coefficient (Wildman–Crippen LogP) is 22.0. The monoisotopic (exact) mass is 1020 g/mol. The summed E-state index contributed by atoms with van der Waals surface area (Å²) < 4.78 is 13.9. The summed E-state index contributed by atoms with van der Waals surface area (Å²) in [4.78, 5) is 4.87. The summed E-state index contributed by atoms with van der Waals surface area (Å²) in [5, 5.41) is 11.3. The number of para-hydroxylation sites is 4. The summed E-state index contributed by atoms with van der Waals surface area (Å²) >= 11 is 0. The summed E-state index contributed by atoms with van der Waals surface area (Å²) in [6.45, 7) is 0. The van der Waals surface area contributed by atoms with E-state index in [0.29, 0.717) is 0 Å². The van der Waals surface area contributed by atoms with Crippen LogP contribution in [0.15, 0.2) is 300 Å². The molecule has 0 fully saturated rings. The zero-order valence-corrected chi connectivity index (χ0v) is 43.4. The Balaban J connectivity index is 0.981. The fourth-order valence-corrected chi connectivity index (χ4v) is 12.5. The van der Waals surface area contributed by atoms with Crippen LogP contribution in [0.25, 0.3) is 121 Å². The number of hydrogen-bond donors (Lipinski definition) is 0. The molecule has 0 saturated heterocycles. The molecule has 0 aliphatic rings. The normalized spacial score (nSPS) is 11.8. The molecule has 0 saturated carbocycles. The number of benzene rings is 14. The van der Waals surface area contributed by atoms with Gasteiger partial charge in [-0.25, -0.2) is 0 Å². The molecule has 16 rings (SSSR count). The fraction of sp³-hybridized carbons (Fsp3) is 0. The van der Waals surface area contributed by atoms with E-state index in [1.165, 1.54) is 10.8 Å². The first-order valence-corrected chi connectivity index (χ1v) is 27.3. The quantitative estimate of drug-likeness (QED) is 0.128. The van der Waals surface area contributed by atoms with Crippen LogP contribution in [0.5, 0.6) is 0 Å². The number of furan rings is 2. The summed E-state index contributed by atoms with van der Waals surface area (Å²) in [5.41, 5.74) is 18.5. The molecular formula is C76H48N2O2. The second-order valence-corrected chi connectivity index (χ2v) is 20.8. The third-order valence-electron chi connectivity index (χ3n) is 16.1. The third-order valence-corrected chi connectivity index (χ3v) is 16.1. The van der Waals surface area contributed by atoms with Crippen molar-refractivity contribution in [3.63, 3.8) is 0 Å². The molecule has 0 N–H and O–H groups in total. The number of hydrogen-bond acceptors (Lipinski definition) is 4. The van der Waals surface area contributed by atoms with Crippen molar-refractivity contribution in [3.8, 4) is 44.5 Å². The van der Waals surface area contributed by atoms with Crippen molar-refractivity contribution >= 4 is 110 Å². The van der Waals surface area contributed by atoms with Gasteiger partial charge in [0.25, 0.3) is 0 Å². The lowest BCUT2D eigenvalue weighted by molar-refractivity contribution is 0.669. The lowest BCUT2D eigenvalue weighted by Gasteiger charge is -2.30. The Morgan fingerprint density at radius 1 is 0.212 bits per heavy atom. The zero-order chi connectivity index (χ0) is 52.7. The molecule has 0 aliphatic carbocycles. The molecule has 80 heavy (non-hydrogen) atoms. The summed E-state index contributed by atoms with van der Waals surface area (Å²) in [6, 6.07) is 105. The highest BCUT2D eigenvalue weighted by Crippen LogP contribution is 2.52. The van der Waals surface area contributed by atoms with E-state index in [0.717, 1.165) is 144 Å². The highest BCUT2D eigenvalue weighted by molar-refractivity contribution is 6.29. The van der Waals surface area contributed by atoms with E-state index >= 15 is 0 Å². The Kier molecular flexibility index (Phi) is 10.5. The van der Waals surface area contributed by atoms with E-state index < -0.39 is 0 Å². The molecular weight excluding hydrogens is 973 g/mol. The van der Waals surface area contributed by atoms with Gasteiger partial charge < -0.3 is 18.6 Å². The van der Waals surface area contributed by atoms with Gasteiger partial charge in [-0.3, -0.25) is 0 Å². The smallest absolute Gasteiger partial charge is 0.159 e. The van der Waals surface area contributed by atoms with Crippen molar-refractivity contribution < 1.29 is 8.83 Å². The van der Waals surface area contributed by atoms with Crippen LogP contribution in [0.4, 0.5) is 34.1 Å². The molecule has 4 heteroatoms. The minimum absolute atomic E-state index is 0.830. The van der Waals surface area contributed by atoms with Gasteiger partial charge in [0.1, 0.15) is 11.2 Å². The van der Waals surface area contributed by atoms with Crippen LogP contribution in [-0.4, -0.2) is 0 Å². The number of anilines is 6. The van der Waals surface area contributed by atoms with Crippen LogP contribution in [-0.2, 0) is 0 Å². The van der Waals surface area contributed by atoms with Gasteiger partial charge in [0.15, 0.2) is 11.2 Å². The molecule has 4 nitrogen and oxygen atoms in total. The average molecular weight is 1020 g/mol. The molecule has 0 unspecified atom stereocenters. The SMILES string of the molecule is c1ccc(-c2cc(-c3ccccc3)cc(N(c3ccc4ccc5ccc(N(c6cc(-c7ccccc7)cc(-c7ccccc7)c6)c6cccc7c6oc6ccccc67)c6ccc3c4c56)c3cccc4c3oc3ccccc34)c2)cc1. The van der Waals surface area contributed by atoms with Crippen molar-refractivity contribution in [2.45, 2.75) is 0 Å². The van der Waals surface area contributed by atoms with Crippen LogP contribution in [0, 0.1) is 0 Å². The Labute approximate surface area is 462 Å². The molecule has 2 heterocycles. The molecule has 0 radical (unpaired) electrons. The molecule has 14 aromatic carbocycles. The Bertz CT molecular complexity index is 4570. The summed E-state index contributed by atoms with van der Waals surface area (Å²) in [5.74, 6) is 0. The van der Waals surface area contributed by atoms with Crippen molar-refractivity contribution in [2.75, 3.05) is 9.80 Å². The van der Waals surface area contributed by atoms with Crippen molar-refractivity contribution in [1.82, 2.24) is 0 Å². The van der Waals surface area contributed by atoms with Gasteiger partial charge in [0.2, 0.25) is 0 Å². The number of nitrogens with zero attached hydrogens (tertiary/aromatic N) is 2. The van der Waals surface area contributed by atoms with Gasteiger partial charge in [-0.05, 0) is 139 Å². The van der Waals surface area contributed by atoms with E-state index in [9.17, 15) is 0 Å². The van der Waals surface area contributed by atoms with Crippen molar-refractivity contribution in [3.05, 3.63) is 291 Å². The highest BCUT2D eigenvalue weighted by atomic mass is 16.3. The first-order valence-electron chi connectivity index (χ1n) is 27.3. The maximum Gasteiger partial charge on any atom is 0.159 e. The first-order chi connectivity index (χ1) is 39.7. The average Bonchev–Trinajstić information content (AvgIpc) is 4.25. The minimum Gasteiger partial charge on any atom is -0.454 e. The van der Waals surface area contributed by atoms with Gasteiger partial charge >= 0.3 is 0 Å². The van der Waals surface area contributed by atoms with Gasteiger partial charge in [-0.1, -0.05) is 218 Å². The van der Waals surface area contributed by atoms with E-state index in [4.69, 9.17) is 8.83 Å². The highest BCUT2D eigenvalue weighted by Gasteiger charge is 2.27. The standard InChI is InChI=1S/C76H48N2O2/c1-5-19-49(20-6-1)55-43-56(50-21-7-2-8-22-50)46-59(45-55)77(69-31-17-29-63-61-27-13-15-33-71(61)79-75(63)69)67-41-37-53-35-36-54-38-42-68(66-40-39-65(67)73(53)74(54)66)78(70-32-18-30-64-62-28-14-16-34-72(62)80-76(64)70)60-47-57(51-23-9-3-10-24-51)44-58(48-60)52-25-11-4-12-26-52/h1-48H. The molecule has 374 valence electrons. The molecule has 2 aromatic heterocycles. The molecule has 16 aromatic rings. The van der Waals surface area contributed by atoms with Gasteiger partial charge in [0, 0.05) is 43.7 Å². The van der Waals surface area contributed by atoms with E-state index in [1.54, 1.807) is 0 Å². The van der Waals surface area contributed by atoms with Gasteiger partial charge in [-0.15, -0.1) is 0 Å². The molecule has 0 atom stereocenters. The fourth-order valence-electron chi connectivity index (χ4n) is 12.5. The summed E-state index contributed by atoms with van der Waals surface area (Å²) in [6.07, 6.45) is 0. The lowest BCUT2D eigenvalue weighted by atomic mass is 9.91. The topological polar surface area (TPSA) is 32.8 Å². The third kappa shape index (κ3) is 7.45.